The lowest BCUT2D eigenvalue weighted by atomic mass is 10.1. The number of carbonyl (C=O) groups is 1. The number of Topliss-reactive ketones (excluding diaryl/α,β-unsaturated/α-hetero) is 1. The maximum atomic E-state index is 13.5. The number of imidazole rings is 1. The molecule has 8 nitrogen and oxygen atoms in total. The molecule has 4 aromatic rings. The third kappa shape index (κ3) is 3.15. The molecule has 0 fully saturated rings. The molecular formula is C24H23N5O3. The first-order valence-electron chi connectivity index (χ1n) is 10.6. The van der Waals surface area contributed by atoms with Gasteiger partial charge in [0, 0.05) is 31.4 Å². The van der Waals surface area contributed by atoms with E-state index in [9.17, 15) is 14.4 Å². The summed E-state index contributed by atoms with van der Waals surface area (Å²) in [6.07, 6.45) is 0. The largest absolute Gasteiger partial charge is 0.332 e. The van der Waals surface area contributed by atoms with Gasteiger partial charge in [-0.2, -0.15) is 4.98 Å². The number of carbonyl (C=O) groups excluding carboxylic acids is 1. The number of aryl methyl sites for hydroxylation is 1. The van der Waals surface area contributed by atoms with E-state index < -0.39 is 11.2 Å². The first kappa shape index (κ1) is 20.0. The van der Waals surface area contributed by atoms with Gasteiger partial charge < -0.3 is 9.47 Å². The van der Waals surface area contributed by atoms with Crippen LogP contribution in [-0.4, -0.2) is 31.0 Å². The average molecular weight is 429 g/mol. The molecule has 1 unspecified atom stereocenters. The van der Waals surface area contributed by atoms with Crippen molar-refractivity contribution in [2.45, 2.75) is 20.0 Å². The minimum atomic E-state index is -0.554. The van der Waals surface area contributed by atoms with E-state index in [1.807, 2.05) is 41.0 Å². The van der Waals surface area contributed by atoms with Crippen LogP contribution < -0.4 is 16.1 Å². The van der Waals surface area contributed by atoms with Crippen molar-refractivity contribution in [3.05, 3.63) is 87.1 Å². The van der Waals surface area contributed by atoms with Crippen LogP contribution in [0.25, 0.3) is 11.2 Å². The molecule has 8 heteroatoms. The third-order valence-electron chi connectivity index (χ3n) is 5.91. The number of ketones is 1. The van der Waals surface area contributed by atoms with Gasteiger partial charge in [-0.3, -0.25) is 18.7 Å². The summed E-state index contributed by atoms with van der Waals surface area (Å²) in [6.45, 7) is 3.16. The summed E-state index contributed by atoms with van der Waals surface area (Å²) in [6, 6.07) is 18.5. The lowest BCUT2D eigenvalue weighted by molar-refractivity contribution is 0.0969. The van der Waals surface area contributed by atoms with Gasteiger partial charge in [0.1, 0.15) is 0 Å². The Labute approximate surface area is 184 Å². The smallest absolute Gasteiger partial charge is 0.312 e. The number of para-hydroxylation sites is 1. The van der Waals surface area contributed by atoms with Gasteiger partial charge in [-0.1, -0.05) is 55.5 Å². The van der Waals surface area contributed by atoms with E-state index >= 15 is 0 Å². The summed E-state index contributed by atoms with van der Waals surface area (Å²) in [5.41, 5.74) is 1.06. The predicted octanol–water partition coefficient (Wildman–Crippen LogP) is 2.57. The maximum Gasteiger partial charge on any atom is 0.332 e. The Kier molecular flexibility index (Phi) is 4.77. The van der Waals surface area contributed by atoms with Gasteiger partial charge in [0.05, 0.1) is 6.54 Å². The van der Waals surface area contributed by atoms with Crippen LogP contribution in [0.5, 0.6) is 0 Å². The molecule has 0 radical (unpaired) electrons. The molecule has 2 aromatic heterocycles. The molecule has 0 aliphatic carbocycles. The lowest BCUT2D eigenvalue weighted by Crippen LogP contribution is -2.42. The zero-order valence-corrected chi connectivity index (χ0v) is 17.9. The second kappa shape index (κ2) is 7.64. The van der Waals surface area contributed by atoms with Crippen LogP contribution in [0.3, 0.4) is 0 Å². The maximum absolute atomic E-state index is 13.5. The number of anilines is 2. The normalized spacial score (nSPS) is 15.7. The molecule has 32 heavy (non-hydrogen) atoms. The molecule has 0 bridgehead atoms. The first-order valence-corrected chi connectivity index (χ1v) is 10.6. The minimum absolute atomic E-state index is 0.260. The van der Waals surface area contributed by atoms with E-state index in [0.29, 0.717) is 29.2 Å². The zero-order valence-electron chi connectivity index (χ0n) is 17.9. The van der Waals surface area contributed by atoms with Crippen molar-refractivity contribution in [1.29, 1.82) is 0 Å². The van der Waals surface area contributed by atoms with Crippen LogP contribution in [0.1, 0.15) is 17.3 Å². The van der Waals surface area contributed by atoms with Gasteiger partial charge >= 0.3 is 5.69 Å². The second-order valence-electron chi connectivity index (χ2n) is 8.27. The number of nitrogens with zero attached hydrogens (tertiary/aromatic N) is 5. The molecule has 0 amide bonds. The van der Waals surface area contributed by atoms with E-state index in [0.717, 1.165) is 16.8 Å². The van der Waals surface area contributed by atoms with Gasteiger partial charge in [0.25, 0.3) is 5.56 Å². The van der Waals surface area contributed by atoms with Gasteiger partial charge in [-0.15, -0.1) is 0 Å². The van der Waals surface area contributed by atoms with Crippen LogP contribution in [0.15, 0.2) is 70.3 Å². The first-order chi connectivity index (χ1) is 15.5. The topological polar surface area (TPSA) is 82.1 Å². The van der Waals surface area contributed by atoms with E-state index in [1.165, 1.54) is 4.57 Å². The van der Waals surface area contributed by atoms with Crippen LogP contribution in [0.2, 0.25) is 0 Å². The summed E-state index contributed by atoms with van der Waals surface area (Å²) < 4.78 is 4.24. The highest BCUT2D eigenvalue weighted by molar-refractivity contribution is 5.96. The summed E-state index contributed by atoms with van der Waals surface area (Å²) in [7, 11) is 1.59. The zero-order chi connectivity index (χ0) is 22.4. The molecule has 2 aromatic carbocycles. The fourth-order valence-electron chi connectivity index (χ4n) is 4.33. The Morgan fingerprint density at radius 3 is 2.34 bits per heavy atom. The second-order valence-corrected chi connectivity index (χ2v) is 8.27. The van der Waals surface area contributed by atoms with Gasteiger partial charge in [-0.05, 0) is 18.1 Å². The van der Waals surface area contributed by atoms with Crippen molar-refractivity contribution >= 4 is 28.6 Å². The fourth-order valence-corrected chi connectivity index (χ4v) is 4.33. The SMILES string of the molecule is CC1CN(c2ccccc2)c2nc3c(c(=O)n(CC(=O)c4ccccc4)c(=O)n3C)n2C1. The number of hydrogen-bond acceptors (Lipinski definition) is 5. The minimum Gasteiger partial charge on any atom is -0.312 e. The summed E-state index contributed by atoms with van der Waals surface area (Å²) in [5, 5.41) is 0. The molecule has 1 aliphatic rings. The van der Waals surface area contributed by atoms with Crippen LogP contribution in [0, 0.1) is 5.92 Å². The highest BCUT2D eigenvalue weighted by Crippen LogP contribution is 2.32. The highest BCUT2D eigenvalue weighted by atomic mass is 16.2. The molecule has 162 valence electrons. The Morgan fingerprint density at radius 2 is 1.66 bits per heavy atom. The van der Waals surface area contributed by atoms with E-state index in [-0.39, 0.29) is 18.2 Å². The fraction of sp³-hybridized carbons (Fsp3) is 0.250. The standard InChI is InChI=1S/C24H23N5O3/c1-16-13-27(18-11-7-4-8-12-18)23-25-21-20(28(23)14-16)22(31)29(24(32)26(21)2)15-19(30)17-9-5-3-6-10-17/h3-12,16H,13-15H2,1-2H3. The van der Waals surface area contributed by atoms with Crippen molar-refractivity contribution in [2.24, 2.45) is 13.0 Å². The Morgan fingerprint density at radius 1 is 1.00 bits per heavy atom. The Balaban J connectivity index is 1.69. The third-order valence-corrected chi connectivity index (χ3v) is 5.91. The van der Waals surface area contributed by atoms with Crippen LogP contribution in [-0.2, 0) is 20.1 Å². The van der Waals surface area contributed by atoms with E-state index in [2.05, 4.69) is 11.8 Å². The molecule has 0 N–H and O–H groups in total. The van der Waals surface area contributed by atoms with Crippen LogP contribution in [0.4, 0.5) is 11.6 Å². The Hall–Kier alpha value is -3.94. The average Bonchev–Trinajstić information content (AvgIpc) is 3.20. The summed E-state index contributed by atoms with van der Waals surface area (Å²) in [5.74, 6) is 0.599. The molecule has 1 aliphatic heterocycles. The van der Waals surface area contributed by atoms with Gasteiger partial charge in [0.15, 0.2) is 16.9 Å². The van der Waals surface area contributed by atoms with Gasteiger partial charge in [-0.25, -0.2) is 4.79 Å². The highest BCUT2D eigenvalue weighted by Gasteiger charge is 2.30. The summed E-state index contributed by atoms with van der Waals surface area (Å²) in [4.78, 5) is 46.0. The Bertz CT molecular complexity index is 1430. The predicted molar refractivity (Wildman–Crippen MR) is 123 cm³/mol. The molecular weight excluding hydrogens is 406 g/mol. The number of rotatable bonds is 4. The van der Waals surface area contributed by atoms with E-state index in [1.54, 1.807) is 31.3 Å². The van der Waals surface area contributed by atoms with Crippen molar-refractivity contribution in [3.63, 3.8) is 0 Å². The molecule has 1 atom stereocenters. The van der Waals surface area contributed by atoms with Crippen LogP contribution >= 0.6 is 0 Å². The molecule has 3 heterocycles. The number of benzene rings is 2. The van der Waals surface area contributed by atoms with Gasteiger partial charge in [0.2, 0.25) is 5.95 Å². The van der Waals surface area contributed by atoms with E-state index in [4.69, 9.17) is 4.98 Å². The monoisotopic (exact) mass is 429 g/mol. The summed E-state index contributed by atoms with van der Waals surface area (Å²) >= 11 is 0. The molecule has 0 spiro atoms. The number of fused-ring (bicyclic) bond motifs is 3. The number of hydrogen-bond donors (Lipinski definition) is 0. The lowest BCUT2D eigenvalue weighted by Gasteiger charge is -2.32. The van der Waals surface area contributed by atoms with Crippen molar-refractivity contribution in [3.8, 4) is 0 Å². The molecule has 5 rings (SSSR count). The van der Waals surface area contributed by atoms with Crippen molar-refractivity contribution in [2.75, 3.05) is 11.4 Å². The number of aromatic nitrogens is 4. The quantitative estimate of drug-likeness (QED) is 0.466. The van der Waals surface area contributed by atoms with Crippen molar-refractivity contribution < 1.29 is 4.79 Å². The van der Waals surface area contributed by atoms with Crippen molar-refractivity contribution in [1.82, 2.24) is 18.7 Å². The molecule has 0 saturated heterocycles. The molecule has 0 saturated carbocycles.